The van der Waals surface area contributed by atoms with Gasteiger partial charge in [-0.25, -0.2) is 4.98 Å². The van der Waals surface area contributed by atoms with Crippen molar-refractivity contribution in [2.75, 3.05) is 5.73 Å². The van der Waals surface area contributed by atoms with E-state index in [1.807, 2.05) is 31.2 Å². The second kappa shape index (κ2) is 3.54. The fraction of sp³-hybridized carbons (Fsp3) is 0.182. The fourth-order valence-electron chi connectivity index (χ4n) is 1.38. The molecule has 3 nitrogen and oxygen atoms in total. The van der Waals surface area contributed by atoms with Crippen molar-refractivity contribution in [3.8, 4) is 0 Å². The van der Waals surface area contributed by atoms with E-state index in [0.29, 0.717) is 0 Å². The SMILES string of the molecule is Cc1ncoc1Cc1cccc(N)c1. The summed E-state index contributed by atoms with van der Waals surface area (Å²) in [5, 5.41) is 0. The van der Waals surface area contributed by atoms with Crippen LogP contribution in [0.1, 0.15) is 17.0 Å². The van der Waals surface area contributed by atoms with E-state index in [2.05, 4.69) is 4.98 Å². The van der Waals surface area contributed by atoms with Gasteiger partial charge in [-0.2, -0.15) is 0 Å². The lowest BCUT2D eigenvalue weighted by molar-refractivity contribution is 0.512. The molecule has 14 heavy (non-hydrogen) atoms. The normalized spacial score (nSPS) is 10.4. The Morgan fingerprint density at radius 1 is 1.43 bits per heavy atom. The van der Waals surface area contributed by atoms with Crippen LogP contribution >= 0.6 is 0 Å². The van der Waals surface area contributed by atoms with E-state index in [1.165, 1.54) is 6.39 Å². The number of anilines is 1. The van der Waals surface area contributed by atoms with Crippen molar-refractivity contribution in [1.29, 1.82) is 0 Å². The Hall–Kier alpha value is -1.77. The van der Waals surface area contributed by atoms with Crippen LogP contribution in [0, 0.1) is 6.92 Å². The Labute approximate surface area is 82.6 Å². The van der Waals surface area contributed by atoms with Crippen LogP contribution in [0.25, 0.3) is 0 Å². The van der Waals surface area contributed by atoms with Crippen LogP contribution in [0.4, 0.5) is 5.69 Å². The first kappa shape index (κ1) is 8.81. The van der Waals surface area contributed by atoms with Crippen LogP contribution < -0.4 is 5.73 Å². The highest BCUT2D eigenvalue weighted by atomic mass is 16.3. The summed E-state index contributed by atoms with van der Waals surface area (Å²) in [7, 11) is 0. The maximum Gasteiger partial charge on any atom is 0.181 e. The number of aryl methyl sites for hydroxylation is 1. The van der Waals surface area contributed by atoms with Crippen molar-refractivity contribution >= 4 is 5.69 Å². The van der Waals surface area contributed by atoms with E-state index in [1.54, 1.807) is 0 Å². The van der Waals surface area contributed by atoms with Crippen LogP contribution in [0.15, 0.2) is 35.1 Å². The molecule has 0 saturated heterocycles. The van der Waals surface area contributed by atoms with Gasteiger partial charge in [-0.3, -0.25) is 0 Å². The maximum atomic E-state index is 5.68. The molecule has 72 valence electrons. The Morgan fingerprint density at radius 2 is 2.29 bits per heavy atom. The van der Waals surface area contributed by atoms with Gasteiger partial charge in [0, 0.05) is 12.1 Å². The minimum atomic E-state index is 0.747. The molecule has 0 amide bonds. The molecule has 1 aromatic carbocycles. The van der Waals surface area contributed by atoms with Gasteiger partial charge in [0.2, 0.25) is 0 Å². The van der Waals surface area contributed by atoms with E-state index < -0.39 is 0 Å². The molecule has 0 aliphatic rings. The van der Waals surface area contributed by atoms with Crippen LogP contribution in [0.2, 0.25) is 0 Å². The lowest BCUT2D eigenvalue weighted by Gasteiger charge is -2.00. The van der Waals surface area contributed by atoms with Gasteiger partial charge in [0.1, 0.15) is 5.76 Å². The molecule has 0 bridgehead atoms. The molecule has 0 saturated carbocycles. The standard InChI is InChI=1S/C11H12N2O/c1-8-11(14-7-13-8)6-9-3-2-4-10(12)5-9/h2-5,7H,6,12H2,1H3. The molecule has 0 fully saturated rings. The van der Waals surface area contributed by atoms with E-state index >= 15 is 0 Å². The molecular formula is C11H12N2O. The number of hydrogen-bond acceptors (Lipinski definition) is 3. The molecule has 0 radical (unpaired) electrons. The number of rotatable bonds is 2. The number of oxazole rings is 1. The van der Waals surface area contributed by atoms with Gasteiger partial charge in [-0.05, 0) is 24.6 Å². The highest BCUT2D eigenvalue weighted by Crippen LogP contribution is 2.14. The van der Waals surface area contributed by atoms with Gasteiger partial charge in [0.15, 0.2) is 6.39 Å². The average Bonchev–Trinajstić information content (AvgIpc) is 2.52. The zero-order valence-electron chi connectivity index (χ0n) is 8.03. The minimum Gasteiger partial charge on any atom is -0.448 e. The fourth-order valence-corrected chi connectivity index (χ4v) is 1.38. The predicted octanol–water partition coefficient (Wildman–Crippen LogP) is 2.16. The number of hydrogen-bond donors (Lipinski definition) is 1. The van der Waals surface area contributed by atoms with E-state index in [-0.39, 0.29) is 0 Å². The summed E-state index contributed by atoms with van der Waals surface area (Å²) in [5.74, 6) is 0.899. The first-order valence-corrected chi connectivity index (χ1v) is 4.49. The Kier molecular flexibility index (Phi) is 2.23. The summed E-state index contributed by atoms with van der Waals surface area (Å²) < 4.78 is 5.26. The molecule has 0 spiro atoms. The summed E-state index contributed by atoms with van der Waals surface area (Å²) in [5.41, 5.74) is 8.54. The van der Waals surface area contributed by atoms with Crippen molar-refractivity contribution in [1.82, 2.24) is 4.98 Å². The molecular weight excluding hydrogens is 176 g/mol. The molecule has 0 atom stereocenters. The number of nitrogens with zero attached hydrogens (tertiary/aromatic N) is 1. The monoisotopic (exact) mass is 188 g/mol. The second-order valence-corrected chi connectivity index (χ2v) is 3.28. The smallest absolute Gasteiger partial charge is 0.181 e. The third-order valence-electron chi connectivity index (χ3n) is 2.16. The number of nitrogen functional groups attached to an aromatic ring is 1. The molecule has 2 N–H and O–H groups in total. The van der Waals surface area contributed by atoms with Gasteiger partial charge >= 0.3 is 0 Å². The highest BCUT2D eigenvalue weighted by molar-refractivity contribution is 5.41. The van der Waals surface area contributed by atoms with Crippen LogP contribution in [0.5, 0.6) is 0 Å². The van der Waals surface area contributed by atoms with Gasteiger partial charge in [0.25, 0.3) is 0 Å². The third kappa shape index (κ3) is 1.76. The Bertz CT molecular complexity index is 434. The van der Waals surface area contributed by atoms with Crippen LogP contribution in [-0.2, 0) is 6.42 Å². The largest absolute Gasteiger partial charge is 0.448 e. The first-order valence-electron chi connectivity index (χ1n) is 4.49. The van der Waals surface area contributed by atoms with Crippen molar-refractivity contribution in [2.24, 2.45) is 0 Å². The quantitative estimate of drug-likeness (QED) is 0.735. The Balaban J connectivity index is 2.23. The zero-order chi connectivity index (χ0) is 9.97. The summed E-state index contributed by atoms with van der Waals surface area (Å²) >= 11 is 0. The zero-order valence-corrected chi connectivity index (χ0v) is 8.03. The van der Waals surface area contributed by atoms with Crippen molar-refractivity contribution in [2.45, 2.75) is 13.3 Å². The summed E-state index contributed by atoms with van der Waals surface area (Å²) in [6.45, 7) is 1.94. The average molecular weight is 188 g/mol. The first-order chi connectivity index (χ1) is 6.75. The molecule has 0 unspecified atom stereocenters. The number of benzene rings is 1. The lowest BCUT2D eigenvalue weighted by Crippen LogP contribution is -1.91. The van der Waals surface area contributed by atoms with Crippen molar-refractivity contribution in [3.05, 3.63) is 47.7 Å². The van der Waals surface area contributed by atoms with Gasteiger partial charge in [-0.15, -0.1) is 0 Å². The number of nitrogens with two attached hydrogens (primary N) is 1. The van der Waals surface area contributed by atoms with Gasteiger partial charge in [-0.1, -0.05) is 12.1 Å². The third-order valence-corrected chi connectivity index (χ3v) is 2.16. The molecule has 1 heterocycles. The van der Waals surface area contributed by atoms with Crippen molar-refractivity contribution < 1.29 is 4.42 Å². The predicted molar refractivity (Wildman–Crippen MR) is 54.9 cm³/mol. The molecule has 1 aromatic heterocycles. The van der Waals surface area contributed by atoms with E-state index in [9.17, 15) is 0 Å². The molecule has 3 heteroatoms. The van der Waals surface area contributed by atoms with Crippen LogP contribution in [0.3, 0.4) is 0 Å². The summed E-state index contributed by atoms with van der Waals surface area (Å²) in [4.78, 5) is 4.04. The topological polar surface area (TPSA) is 52.0 Å². The van der Waals surface area contributed by atoms with Crippen molar-refractivity contribution in [3.63, 3.8) is 0 Å². The van der Waals surface area contributed by atoms with E-state index in [4.69, 9.17) is 10.2 Å². The molecule has 2 rings (SSSR count). The molecule has 0 aliphatic heterocycles. The lowest BCUT2D eigenvalue weighted by atomic mass is 10.1. The van der Waals surface area contributed by atoms with Gasteiger partial charge in [0.05, 0.1) is 5.69 Å². The summed E-state index contributed by atoms with van der Waals surface area (Å²) in [6, 6.07) is 7.79. The second-order valence-electron chi connectivity index (χ2n) is 3.28. The van der Waals surface area contributed by atoms with Crippen LogP contribution in [-0.4, -0.2) is 4.98 Å². The Morgan fingerprint density at radius 3 is 2.93 bits per heavy atom. The highest BCUT2D eigenvalue weighted by Gasteiger charge is 2.04. The number of aromatic nitrogens is 1. The molecule has 0 aliphatic carbocycles. The minimum absolute atomic E-state index is 0.747. The maximum absolute atomic E-state index is 5.68. The van der Waals surface area contributed by atoms with Gasteiger partial charge < -0.3 is 10.2 Å². The van der Waals surface area contributed by atoms with E-state index in [0.717, 1.165) is 29.1 Å². The summed E-state index contributed by atoms with van der Waals surface area (Å²) in [6.07, 6.45) is 2.22. The molecule has 2 aromatic rings.